The third kappa shape index (κ3) is 8.23. The van der Waals surface area contributed by atoms with Gasteiger partial charge in [-0.2, -0.15) is 13.2 Å². The molecule has 0 aromatic heterocycles. The topological polar surface area (TPSA) is 52.6 Å². The molecule has 0 atom stereocenters. The van der Waals surface area contributed by atoms with Gasteiger partial charge in [0.05, 0.1) is 6.42 Å². The molecule has 1 aliphatic carbocycles. The number of esters is 2. The number of halogens is 3. The van der Waals surface area contributed by atoms with Gasteiger partial charge >= 0.3 is 18.1 Å². The van der Waals surface area contributed by atoms with Gasteiger partial charge in [0, 0.05) is 6.42 Å². The second kappa shape index (κ2) is 7.53. The normalized spacial score (nSPS) is 17.8. The van der Waals surface area contributed by atoms with Crippen molar-refractivity contribution in [2.45, 2.75) is 77.5 Å². The van der Waals surface area contributed by atoms with Crippen LogP contribution in [0.1, 0.15) is 65.7 Å². The fourth-order valence-electron chi connectivity index (χ4n) is 2.58. The van der Waals surface area contributed by atoms with Gasteiger partial charge in [-0.1, -0.05) is 20.8 Å². The molecule has 0 amide bonds. The van der Waals surface area contributed by atoms with Crippen LogP contribution in [0, 0.1) is 5.41 Å². The lowest BCUT2D eigenvalue weighted by atomic mass is 9.90. The summed E-state index contributed by atoms with van der Waals surface area (Å²) < 4.78 is 46.0. The minimum absolute atomic E-state index is 0.0203. The van der Waals surface area contributed by atoms with Crippen LogP contribution in [0.15, 0.2) is 0 Å². The van der Waals surface area contributed by atoms with E-state index in [1.807, 2.05) is 20.8 Å². The lowest BCUT2D eigenvalue weighted by Gasteiger charge is -2.29. The predicted octanol–water partition coefficient (Wildman–Crippen LogP) is 4.16. The van der Waals surface area contributed by atoms with Gasteiger partial charge in [-0.3, -0.25) is 9.59 Å². The van der Waals surface area contributed by atoms with Crippen LogP contribution in [0.4, 0.5) is 13.2 Å². The smallest absolute Gasteiger partial charge is 0.422 e. The monoisotopic (exact) mass is 338 g/mol. The molecule has 1 saturated carbocycles. The maximum atomic E-state index is 12.1. The summed E-state index contributed by atoms with van der Waals surface area (Å²) in [6.45, 7) is 4.39. The first-order valence-electron chi connectivity index (χ1n) is 7.85. The summed E-state index contributed by atoms with van der Waals surface area (Å²) in [5.41, 5.74) is -1.02. The average Bonchev–Trinajstić information content (AvgIpc) is 2.80. The highest BCUT2D eigenvalue weighted by Crippen LogP contribution is 2.37. The summed E-state index contributed by atoms with van der Waals surface area (Å²) in [4.78, 5) is 23.6. The molecule has 0 N–H and O–H groups in total. The van der Waals surface area contributed by atoms with Crippen LogP contribution in [0.25, 0.3) is 0 Å². The first-order chi connectivity index (χ1) is 10.4. The Labute approximate surface area is 134 Å². The lowest BCUT2D eigenvalue weighted by molar-refractivity contribution is -0.191. The minimum atomic E-state index is -4.55. The largest absolute Gasteiger partial charge is 0.458 e. The van der Waals surface area contributed by atoms with Crippen LogP contribution >= 0.6 is 0 Å². The average molecular weight is 338 g/mol. The zero-order chi connectivity index (χ0) is 17.7. The Morgan fingerprint density at radius 1 is 1.04 bits per heavy atom. The van der Waals surface area contributed by atoms with Gasteiger partial charge in [-0.05, 0) is 37.5 Å². The Hall–Kier alpha value is -1.27. The molecule has 0 spiro atoms. The second-order valence-corrected chi connectivity index (χ2v) is 7.38. The molecule has 1 fully saturated rings. The Morgan fingerprint density at radius 2 is 1.61 bits per heavy atom. The van der Waals surface area contributed by atoms with Crippen molar-refractivity contribution in [2.24, 2.45) is 5.41 Å². The van der Waals surface area contributed by atoms with E-state index in [-0.39, 0.29) is 18.3 Å². The highest BCUT2D eigenvalue weighted by Gasteiger charge is 2.41. The Balaban J connectivity index is 2.55. The Bertz CT molecular complexity index is 384. The molecule has 0 saturated heterocycles. The quantitative estimate of drug-likeness (QED) is 0.682. The third-order valence-corrected chi connectivity index (χ3v) is 3.79. The first-order valence-corrected chi connectivity index (χ1v) is 7.85. The molecule has 0 bridgehead atoms. The van der Waals surface area contributed by atoms with Gasteiger partial charge in [0.25, 0.3) is 0 Å². The van der Waals surface area contributed by atoms with Crippen LogP contribution < -0.4 is 0 Å². The van der Waals surface area contributed by atoms with E-state index in [2.05, 4.69) is 4.74 Å². The van der Waals surface area contributed by atoms with Crippen molar-refractivity contribution in [1.29, 1.82) is 0 Å². The minimum Gasteiger partial charge on any atom is -0.458 e. The molecule has 1 rings (SSSR count). The summed E-state index contributed by atoms with van der Waals surface area (Å²) in [6, 6.07) is 0. The molecule has 4 nitrogen and oxygen atoms in total. The van der Waals surface area contributed by atoms with Gasteiger partial charge in [0.15, 0.2) is 6.61 Å². The van der Waals surface area contributed by atoms with E-state index >= 15 is 0 Å². The SMILES string of the molecule is CC(C)(C)CCC(=O)OC1(CC(=O)OCC(F)(F)F)CCCC1. The van der Waals surface area contributed by atoms with Gasteiger partial charge in [-0.25, -0.2) is 0 Å². The molecular weight excluding hydrogens is 313 g/mol. The second-order valence-electron chi connectivity index (χ2n) is 7.38. The van der Waals surface area contributed by atoms with E-state index in [4.69, 9.17) is 4.74 Å². The van der Waals surface area contributed by atoms with Crippen molar-refractivity contribution < 1.29 is 32.2 Å². The summed E-state index contributed by atoms with van der Waals surface area (Å²) in [5.74, 6) is -1.39. The standard InChI is InChI=1S/C16H25F3O4/c1-14(2,3)9-6-12(20)23-15(7-4-5-8-15)10-13(21)22-11-16(17,18)19/h4-11H2,1-3H3. The molecule has 23 heavy (non-hydrogen) atoms. The number of rotatable bonds is 6. The number of hydrogen-bond acceptors (Lipinski definition) is 4. The third-order valence-electron chi connectivity index (χ3n) is 3.79. The molecule has 0 unspecified atom stereocenters. The van der Waals surface area contributed by atoms with Gasteiger partial charge in [-0.15, -0.1) is 0 Å². The van der Waals surface area contributed by atoms with E-state index in [0.717, 1.165) is 12.8 Å². The molecule has 134 valence electrons. The van der Waals surface area contributed by atoms with E-state index in [1.165, 1.54) is 0 Å². The zero-order valence-corrected chi connectivity index (χ0v) is 13.9. The van der Waals surface area contributed by atoms with Crippen LogP contribution in [0.5, 0.6) is 0 Å². The molecule has 0 aromatic rings. The van der Waals surface area contributed by atoms with E-state index in [9.17, 15) is 22.8 Å². The van der Waals surface area contributed by atoms with Crippen molar-refractivity contribution in [1.82, 2.24) is 0 Å². The van der Waals surface area contributed by atoms with Crippen molar-refractivity contribution in [3.8, 4) is 0 Å². The maximum Gasteiger partial charge on any atom is 0.422 e. The summed E-state index contributed by atoms with van der Waals surface area (Å²) in [6.07, 6.45) is -1.49. The number of ether oxygens (including phenoxy) is 2. The van der Waals surface area contributed by atoms with Gasteiger partial charge < -0.3 is 9.47 Å². The predicted molar refractivity (Wildman–Crippen MR) is 77.6 cm³/mol. The number of alkyl halides is 3. The fourth-order valence-corrected chi connectivity index (χ4v) is 2.58. The van der Waals surface area contributed by atoms with Crippen molar-refractivity contribution in [2.75, 3.05) is 6.61 Å². The zero-order valence-electron chi connectivity index (χ0n) is 13.9. The van der Waals surface area contributed by atoms with Crippen LogP contribution in [0.2, 0.25) is 0 Å². The molecule has 0 aromatic carbocycles. The van der Waals surface area contributed by atoms with E-state index in [1.54, 1.807) is 0 Å². The Kier molecular flexibility index (Phi) is 6.48. The summed E-state index contributed by atoms with van der Waals surface area (Å²) >= 11 is 0. The molecule has 7 heteroatoms. The van der Waals surface area contributed by atoms with Crippen molar-refractivity contribution >= 4 is 11.9 Å². The van der Waals surface area contributed by atoms with E-state index < -0.39 is 30.3 Å². The molecule has 0 heterocycles. The van der Waals surface area contributed by atoms with Gasteiger partial charge in [0.2, 0.25) is 0 Å². The number of carbonyl (C=O) groups is 2. The van der Waals surface area contributed by atoms with Crippen LogP contribution in [-0.4, -0.2) is 30.3 Å². The van der Waals surface area contributed by atoms with Crippen molar-refractivity contribution in [3.63, 3.8) is 0 Å². The molecule has 0 aliphatic heterocycles. The number of hydrogen-bond donors (Lipinski definition) is 0. The van der Waals surface area contributed by atoms with Gasteiger partial charge in [0.1, 0.15) is 5.60 Å². The highest BCUT2D eigenvalue weighted by molar-refractivity contribution is 5.73. The number of carbonyl (C=O) groups excluding carboxylic acids is 2. The highest BCUT2D eigenvalue weighted by atomic mass is 19.4. The fraction of sp³-hybridized carbons (Fsp3) is 0.875. The summed E-state index contributed by atoms with van der Waals surface area (Å²) in [5, 5.41) is 0. The van der Waals surface area contributed by atoms with Crippen molar-refractivity contribution in [3.05, 3.63) is 0 Å². The summed E-state index contributed by atoms with van der Waals surface area (Å²) in [7, 11) is 0. The maximum absolute atomic E-state index is 12.1. The first kappa shape index (κ1) is 19.8. The molecular formula is C16H25F3O4. The lowest BCUT2D eigenvalue weighted by Crippen LogP contribution is -2.36. The molecule has 1 aliphatic rings. The van der Waals surface area contributed by atoms with Crippen LogP contribution in [-0.2, 0) is 19.1 Å². The molecule has 0 radical (unpaired) electrons. The van der Waals surface area contributed by atoms with E-state index in [0.29, 0.717) is 19.3 Å². The Morgan fingerprint density at radius 3 is 2.09 bits per heavy atom. The van der Waals surface area contributed by atoms with Crippen LogP contribution in [0.3, 0.4) is 0 Å².